The fourth-order valence-corrected chi connectivity index (χ4v) is 11.0. The van der Waals surface area contributed by atoms with E-state index >= 15 is 8.78 Å². The number of furan rings is 2. The van der Waals surface area contributed by atoms with Crippen LogP contribution in [0, 0.1) is 11.6 Å². The van der Waals surface area contributed by atoms with Crippen LogP contribution in [-0.4, -0.2) is 0 Å². The van der Waals surface area contributed by atoms with Crippen molar-refractivity contribution in [2.45, 2.75) is 6.42 Å². The average molecular weight is 919 g/mol. The largest absolute Gasteiger partial charge is 0.454 e. The summed E-state index contributed by atoms with van der Waals surface area (Å²) in [6, 6.07) is 72.1. The Morgan fingerprint density at radius 1 is 0.366 bits per heavy atom. The quantitative estimate of drug-likeness (QED) is 0.152. The summed E-state index contributed by atoms with van der Waals surface area (Å²) < 4.78 is 45.6. The minimum Gasteiger partial charge on any atom is -0.454 e. The molecule has 1 aliphatic rings. The van der Waals surface area contributed by atoms with Crippen LogP contribution in [0.5, 0.6) is 0 Å². The molecular weight excluding hydrogens is 879 g/mol. The van der Waals surface area contributed by atoms with Crippen LogP contribution in [0.2, 0.25) is 0 Å². The van der Waals surface area contributed by atoms with Gasteiger partial charge in [-0.1, -0.05) is 164 Å². The number of para-hydroxylation sites is 4. The smallest absolute Gasteiger partial charge is 0.159 e. The summed E-state index contributed by atoms with van der Waals surface area (Å²) in [7, 11) is 0. The van der Waals surface area contributed by atoms with Crippen LogP contribution in [0.25, 0.3) is 99.4 Å². The number of nitrogens with zero attached hydrogens (tertiary/aromatic N) is 2. The molecule has 0 bridgehead atoms. The lowest BCUT2D eigenvalue weighted by Gasteiger charge is -2.30. The van der Waals surface area contributed by atoms with Crippen molar-refractivity contribution in [2.24, 2.45) is 0 Å². The van der Waals surface area contributed by atoms with E-state index in [-0.39, 0.29) is 11.6 Å². The molecule has 0 spiro atoms. The van der Waals surface area contributed by atoms with E-state index in [1.165, 1.54) is 0 Å². The minimum atomic E-state index is -0.305. The number of benzene rings is 11. The highest BCUT2D eigenvalue weighted by atomic mass is 19.1. The van der Waals surface area contributed by atoms with Crippen molar-refractivity contribution in [3.8, 4) is 22.3 Å². The van der Waals surface area contributed by atoms with Gasteiger partial charge in [-0.25, -0.2) is 8.78 Å². The first-order valence-electron chi connectivity index (χ1n) is 23.9. The fraction of sp³-hybridized carbons (Fsp3) is 0.0154. The SMILES string of the molecule is Fc1ccc(N(C2=CCC=c3ccc4c(N(c5ccc(F)c(-c6ccccc6)c5)c5cccc6c5oc5ccccc56)ccc5ccc2c3c54)c2cccc3c2oc2ccccc23)cc1-c1ccccc1. The molecule has 13 aromatic rings. The number of hydrogen-bond donors (Lipinski definition) is 0. The van der Waals surface area contributed by atoms with Gasteiger partial charge in [-0.2, -0.15) is 0 Å². The molecule has 71 heavy (non-hydrogen) atoms. The predicted octanol–water partition coefficient (Wildman–Crippen LogP) is 18.0. The van der Waals surface area contributed by atoms with Gasteiger partial charge in [0, 0.05) is 55.0 Å². The van der Waals surface area contributed by atoms with Gasteiger partial charge in [-0.15, -0.1) is 0 Å². The number of fused-ring (bicyclic) bond motifs is 6. The Labute approximate surface area is 406 Å². The standard InChI is InChI=1S/C65H40F2N2O2/c66-54-35-31-44(38-52(54)40-14-3-1-4-15-40)68(58-24-12-21-48-46-19-7-9-26-60(46)70-64(48)58)56-23-11-18-42-28-33-51-57(37-30-43-29-34-50(56)62(42)63(43)51)69(45-32-36-55(67)53(39-45)41-16-5-2-6-17-41)59-25-13-22-49-47-20-8-10-27-61(47)71-65(49)59/h1-10,12-39H,11H2. The number of anilines is 5. The van der Waals surface area contributed by atoms with Crippen LogP contribution in [0.4, 0.5) is 37.2 Å². The molecule has 1 aliphatic carbocycles. The number of halogens is 2. The van der Waals surface area contributed by atoms with Crippen molar-refractivity contribution >= 4 is 106 Å². The summed E-state index contributed by atoms with van der Waals surface area (Å²) in [6.45, 7) is 0. The molecule has 4 nitrogen and oxygen atoms in total. The minimum absolute atomic E-state index is 0.302. The van der Waals surface area contributed by atoms with E-state index < -0.39 is 0 Å². The van der Waals surface area contributed by atoms with Crippen molar-refractivity contribution in [2.75, 3.05) is 9.80 Å². The summed E-state index contributed by atoms with van der Waals surface area (Å²) in [5.74, 6) is -0.607. The maximum absolute atomic E-state index is 16.1. The molecule has 14 rings (SSSR count). The lowest BCUT2D eigenvalue weighted by molar-refractivity contribution is 0.631. The lowest BCUT2D eigenvalue weighted by Crippen LogP contribution is -2.17. The molecule has 0 fully saturated rings. The van der Waals surface area contributed by atoms with E-state index in [4.69, 9.17) is 8.83 Å². The third-order valence-corrected chi connectivity index (χ3v) is 14.2. The van der Waals surface area contributed by atoms with Crippen LogP contribution in [-0.2, 0) is 0 Å². The molecule has 2 heterocycles. The zero-order chi connectivity index (χ0) is 47.2. The van der Waals surface area contributed by atoms with Crippen LogP contribution in [0.3, 0.4) is 0 Å². The molecule has 6 heteroatoms. The van der Waals surface area contributed by atoms with Gasteiger partial charge < -0.3 is 18.6 Å². The number of allylic oxidation sites excluding steroid dienone is 1. The van der Waals surface area contributed by atoms with E-state index in [1.807, 2.05) is 121 Å². The molecule has 0 radical (unpaired) electrons. The van der Waals surface area contributed by atoms with Crippen molar-refractivity contribution < 1.29 is 17.6 Å². The van der Waals surface area contributed by atoms with Crippen molar-refractivity contribution in [3.05, 3.63) is 247 Å². The van der Waals surface area contributed by atoms with Gasteiger partial charge in [-0.05, 0) is 106 Å². The third kappa shape index (κ3) is 6.49. The molecule has 0 saturated carbocycles. The summed E-state index contributed by atoms with van der Waals surface area (Å²) in [5.41, 5.74) is 11.7. The first-order valence-corrected chi connectivity index (χ1v) is 23.9. The molecule has 336 valence electrons. The first kappa shape index (κ1) is 40.8. The Balaban J connectivity index is 1.03. The molecule has 0 N–H and O–H groups in total. The molecule has 11 aromatic carbocycles. The van der Waals surface area contributed by atoms with Gasteiger partial charge in [0.1, 0.15) is 22.8 Å². The van der Waals surface area contributed by atoms with E-state index in [0.717, 1.165) is 121 Å². The topological polar surface area (TPSA) is 32.8 Å². The third-order valence-electron chi connectivity index (χ3n) is 14.2. The second-order valence-electron chi connectivity index (χ2n) is 18.1. The van der Waals surface area contributed by atoms with Crippen LogP contribution in [0.1, 0.15) is 12.0 Å². The highest BCUT2D eigenvalue weighted by molar-refractivity contribution is 6.21. The average Bonchev–Trinajstić information content (AvgIpc) is 3.94. The van der Waals surface area contributed by atoms with Gasteiger partial charge in [0.15, 0.2) is 11.2 Å². The molecule has 0 saturated heterocycles. The molecular formula is C65H40F2N2O2. The van der Waals surface area contributed by atoms with Gasteiger partial charge in [0.25, 0.3) is 0 Å². The first-order chi connectivity index (χ1) is 35.1. The van der Waals surface area contributed by atoms with Crippen LogP contribution >= 0.6 is 0 Å². The van der Waals surface area contributed by atoms with Crippen molar-refractivity contribution in [1.82, 2.24) is 0 Å². The van der Waals surface area contributed by atoms with Gasteiger partial charge in [0.05, 0.1) is 22.8 Å². The summed E-state index contributed by atoms with van der Waals surface area (Å²) in [6.07, 6.45) is 5.19. The number of rotatable bonds is 8. The monoisotopic (exact) mass is 918 g/mol. The number of hydrogen-bond acceptors (Lipinski definition) is 4. The Kier molecular flexibility index (Phi) is 9.29. The maximum Gasteiger partial charge on any atom is 0.159 e. The van der Waals surface area contributed by atoms with E-state index in [2.05, 4.69) is 107 Å². The van der Waals surface area contributed by atoms with Gasteiger partial charge in [0.2, 0.25) is 0 Å². The molecule has 2 aromatic heterocycles. The van der Waals surface area contributed by atoms with Gasteiger partial charge in [-0.3, -0.25) is 0 Å². The zero-order valence-corrected chi connectivity index (χ0v) is 38.1. The Morgan fingerprint density at radius 3 is 1.52 bits per heavy atom. The highest BCUT2D eigenvalue weighted by Crippen LogP contribution is 2.49. The summed E-state index contributed by atoms with van der Waals surface area (Å²) in [4.78, 5) is 4.46. The molecule has 0 atom stereocenters. The second kappa shape index (κ2) is 16.2. The fourth-order valence-electron chi connectivity index (χ4n) is 11.0. The van der Waals surface area contributed by atoms with Crippen molar-refractivity contribution in [1.29, 1.82) is 0 Å². The van der Waals surface area contributed by atoms with Crippen LogP contribution in [0.15, 0.2) is 233 Å². The van der Waals surface area contributed by atoms with Gasteiger partial charge >= 0.3 is 0 Å². The van der Waals surface area contributed by atoms with Crippen molar-refractivity contribution in [3.63, 3.8) is 0 Å². The van der Waals surface area contributed by atoms with E-state index in [1.54, 1.807) is 12.1 Å². The van der Waals surface area contributed by atoms with E-state index in [9.17, 15) is 0 Å². The predicted molar refractivity (Wildman–Crippen MR) is 289 cm³/mol. The Bertz CT molecular complexity index is 4360. The second-order valence-corrected chi connectivity index (χ2v) is 18.1. The Morgan fingerprint density at radius 2 is 0.901 bits per heavy atom. The zero-order valence-electron chi connectivity index (χ0n) is 38.1. The summed E-state index contributed by atoms with van der Waals surface area (Å²) >= 11 is 0. The van der Waals surface area contributed by atoms with Crippen LogP contribution < -0.4 is 15.0 Å². The molecule has 0 amide bonds. The molecule has 0 aliphatic heterocycles. The van der Waals surface area contributed by atoms with E-state index in [0.29, 0.717) is 17.5 Å². The normalized spacial score (nSPS) is 12.5. The Hall–Kier alpha value is -9.26. The highest BCUT2D eigenvalue weighted by Gasteiger charge is 2.28. The molecule has 0 unspecified atom stereocenters. The maximum atomic E-state index is 16.1. The lowest BCUT2D eigenvalue weighted by atomic mass is 9.92. The summed E-state index contributed by atoms with van der Waals surface area (Å²) in [5, 5.41) is 9.38.